The van der Waals surface area contributed by atoms with Crippen LogP contribution in [0.15, 0.2) is 30.3 Å². The Labute approximate surface area is 112 Å². The van der Waals surface area contributed by atoms with Crippen molar-refractivity contribution >= 4 is 11.9 Å². The predicted molar refractivity (Wildman–Crippen MR) is 71.0 cm³/mol. The Balaban J connectivity index is 2.54. The summed E-state index contributed by atoms with van der Waals surface area (Å²) >= 11 is 0. The molecule has 0 aromatic heterocycles. The van der Waals surface area contributed by atoms with Gasteiger partial charge in [0.25, 0.3) is 5.91 Å². The van der Waals surface area contributed by atoms with Gasteiger partial charge in [-0.15, -0.1) is 0 Å². The molecule has 104 valence electrons. The number of rotatable bonds is 7. The van der Waals surface area contributed by atoms with Crippen molar-refractivity contribution in [1.29, 1.82) is 0 Å². The maximum Gasteiger partial charge on any atom is 0.326 e. The van der Waals surface area contributed by atoms with Crippen LogP contribution < -0.4 is 10.1 Å². The third-order valence-electron chi connectivity index (χ3n) is 2.62. The van der Waals surface area contributed by atoms with Crippen LogP contribution in [0.4, 0.5) is 0 Å². The van der Waals surface area contributed by atoms with Crippen molar-refractivity contribution in [3.63, 3.8) is 0 Å². The molecule has 0 fully saturated rings. The Kier molecular flexibility index (Phi) is 5.85. The zero-order valence-corrected chi connectivity index (χ0v) is 11.1. The lowest BCUT2D eigenvalue weighted by atomic mass is 10.1. The van der Waals surface area contributed by atoms with Gasteiger partial charge in [0.05, 0.1) is 0 Å². The van der Waals surface area contributed by atoms with Gasteiger partial charge in [0.15, 0.2) is 6.10 Å². The number of benzene rings is 1. The van der Waals surface area contributed by atoms with E-state index >= 15 is 0 Å². The van der Waals surface area contributed by atoms with Crippen LogP contribution in [0.25, 0.3) is 0 Å². The molecule has 0 aliphatic heterocycles. The maximum atomic E-state index is 11.8. The number of ether oxygens (including phenoxy) is 1. The van der Waals surface area contributed by atoms with Gasteiger partial charge in [-0.2, -0.15) is 0 Å². The van der Waals surface area contributed by atoms with Gasteiger partial charge >= 0.3 is 5.97 Å². The second kappa shape index (κ2) is 7.41. The fourth-order valence-electron chi connectivity index (χ4n) is 1.59. The number of carbonyl (C=O) groups excluding carboxylic acids is 1. The van der Waals surface area contributed by atoms with Crippen molar-refractivity contribution in [1.82, 2.24) is 5.32 Å². The van der Waals surface area contributed by atoms with Crippen LogP contribution in [-0.4, -0.2) is 29.1 Å². The smallest absolute Gasteiger partial charge is 0.326 e. The number of amides is 1. The highest BCUT2D eigenvalue weighted by Gasteiger charge is 2.22. The zero-order chi connectivity index (χ0) is 14.3. The molecule has 5 heteroatoms. The van der Waals surface area contributed by atoms with Gasteiger partial charge in [-0.05, 0) is 25.5 Å². The standard InChI is InChI=1S/C14H19NO4/c1-3-7-12(14(17)18)15-13(16)10(2)19-11-8-5-4-6-9-11/h4-6,8-10,12H,3,7H2,1-2H3,(H,15,16)(H,17,18)/t10?,12-/m0/s1. The summed E-state index contributed by atoms with van der Waals surface area (Å²) in [6, 6.07) is 8.07. The summed E-state index contributed by atoms with van der Waals surface area (Å²) in [6.07, 6.45) is 0.353. The number of aliphatic carboxylic acids is 1. The summed E-state index contributed by atoms with van der Waals surface area (Å²) in [5, 5.41) is 11.4. The van der Waals surface area contributed by atoms with Crippen molar-refractivity contribution in [3.05, 3.63) is 30.3 Å². The maximum absolute atomic E-state index is 11.8. The van der Waals surface area contributed by atoms with Crippen LogP contribution in [0.1, 0.15) is 26.7 Å². The summed E-state index contributed by atoms with van der Waals surface area (Å²) in [4.78, 5) is 22.8. The van der Waals surface area contributed by atoms with E-state index in [4.69, 9.17) is 9.84 Å². The van der Waals surface area contributed by atoms with Crippen LogP contribution in [0.5, 0.6) is 5.75 Å². The Morgan fingerprint density at radius 1 is 1.32 bits per heavy atom. The van der Waals surface area contributed by atoms with E-state index in [2.05, 4.69) is 5.32 Å². The number of para-hydroxylation sites is 1. The molecule has 0 heterocycles. The lowest BCUT2D eigenvalue weighted by molar-refractivity contribution is -0.143. The lowest BCUT2D eigenvalue weighted by Gasteiger charge is -2.18. The largest absolute Gasteiger partial charge is 0.481 e. The Morgan fingerprint density at radius 2 is 1.95 bits per heavy atom. The molecule has 0 saturated carbocycles. The van der Waals surface area contributed by atoms with Gasteiger partial charge in [-0.1, -0.05) is 31.5 Å². The number of hydrogen-bond acceptors (Lipinski definition) is 3. The molecule has 0 radical (unpaired) electrons. The van der Waals surface area contributed by atoms with Crippen molar-refractivity contribution in [2.45, 2.75) is 38.8 Å². The van der Waals surface area contributed by atoms with E-state index in [1.807, 2.05) is 13.0 Å². The molecule has 5 nitrogen and oxygen atoms in total. The molecule has 1 aromatic rings. The molecular weight excluding hydrogens is 246 g/mol. The molecule has 0 aliphatic carbocycles. The summed E-state index contributed by atoms with van der Waals surface area (Å²) < 4.78 is 5.43. The third kappa shape index (κ3) is 4.99. The number of carboxylic acids is 1. The summed E-state index contributed by atoms with van der Waals surface area (Å²) in [5.41, 5.74) is 0. The zero-order valence-electron chi connectivity index (χ0n) is 11.1. The van der Waals surface area contributed by atoms with Crippen LogP contribution in [-0.2, 0) is 9.59 Å². The van der Waals surface area contributed by atoms with Crippen molar-refractivity contribution in [2.24, 2.45) is 0 Å². The highest BCUT2D eigenvalue weighted by atomic mass is 16.5. The van der Waals surface area contributed by atoms with E-state index in [1.54, 1.807) is 31.2 Å². The molecule has 0 saturated heterocycles. The first-order chi connectivity index (χ1) is 9.04. The first-order valence-corrected chi connectivity index (χ1v) is 6.29. The minimum absolute atomic E-state index is 0.402. The van der Waals surface area contributed by atoms with E-state index in [0.29, 0.717) is 18.6 Å². The van der Waals surface area contributed by atoms with Crippen LogP contribution >= 0.6 is 0 Å². The fraction of sp³-hybridized carbons (Fsp3) is 0.429. The number of hydrogen-bond donors (Lipinski definition) is 2. The molecule has 0 bridgehead atoms. The molecular formula is C14H19NO4. The van der Waals surface area contributed by atoms with Gasteiger partial charge in [-0.3, -0.25) is 4.79 Å². The summed E-state index contributed by atoms with van der Waals surface area (Å²) in [5.74, 6) is -0.876. The molecule has 1 rings (SSSR count). The average molecular weight is 265 g/mol. The van der Waals surface area contributed by atoms with E-state index in [0.717, 1.165) is 0 Å². The topological polar surface area (TPSA) is 75.6 Å². The summed E-state index contributed by atoms with van der Waals surface area (Å²) in [6.45, 7) is 3.46. The van der Waals surface area contributed by atoms with Crippen molar-refractivity contribution < 1.29 is 19.4 Å². The average Bonchev–Trinajstić information content (AvgIpc) is 2.39. The van der Waals surface area contributed by atoms with Crippen LogP contribution in [0.3, 0.4) is 0 Å². The Bertz CT molecular complexity index is 419. The first-order valence-electron chi connectivity index (χ1n) is 6.29. The van der Waals surface area contributed by atoms with Crippen molar-refractivity contribution in [3.8, 4) is 5.75 Å². The van der Waals surface area contributed by atoms with E-state index in [1.165, 1.54) is 0 Å². The van der Waals surface area contributed by atoms with Gasteiger partial charge < -0.3 is 15.2 Å². The quantitative estimate of drug-likeness (QED) is 0.788. The van der Waals surface area contributed by atoms with E-state index < -0.39 is 24.0 Å². The van der Waals surface area contributed by atoms with E-state index in [-0.39, 0.29) is 0 Å². The number of carbonyl (C=O) groups is 2. The highest BCUT2D eigenvalue weighted by molar-refractivity contribution is 5.86. The molecule has 1 amide bonds. The monoisotopic (exact) mass is 265 g/mol. The molecule has 2 atom stereocenters. The summed E-state index contributed by atoms with van der Waals surface area (Å²) in [7, 11) is 0. The van der Waals surface area contributed by atoms with Crippen LogP contribution in [0, 0.1) is 0 Å². The second-order valence-electron chi connectivity index (χ2n) is 4.26. The Morgan fingerprint density at radius 3 is 2.47 bits per heavy atom. The molecule has 1 aromatic carbocycles. The van der Waals surface area contributed by atoms with Gasteiger partial charge in [0.1, 0.15) is 11.8 Å². The molecule has 2 N–H and O–H groups in total. The fourth-order valence-corrected chi connectivity index (χ4v) is 1.59. The normalized spacial score (nSPS) is 13.4. The van der Waals surface area contributed by atoms with Gasteiger partial charge in [0, 0.05) is 0 Å². The highest BCUT2D eigenvalue weighted by Crippen LogP contribution is 2.11. The first kappa shape index (κ1) is 15.0. The second-order valence-corrected chi connectivity index (χ2v) is 4.26. The lowest BCUT2D eigenvalue weighted by Crippen LogP contribution is -2.46. The van der Waals surface area contributed by atoms with Crippen molar-refractivity contribution in [2.75, 3.05) is 0 Å². The third-order valence-corrected chi connectivity index (χ3v) is 2.62. The van der Waals surface area contributed by atoms with Crippen LogP contribution in [0.2, 0.25) is 0 Å². The minimum atomic E-state index is -1.03. The molecule has 19 heavy (non-hydrogen) atoms. The van der Waals surface area contributed by atoms with Gasteiger partial charge in [0.2, 0.25) is 0 Å². The molecule has 1 unspecified atom stereocenters. The number of carboxylic acid groups (broad SMARTS) is 1. The SMILES string of the molecule is CCC[C@H](NC(=O)C(C)Oc1ccccc1)C(=O)O. The molecule has 0 aliphatic rings. The Hall–Kier alpha value is -2.04. The molecule has 0 spiro atoms. The minimum Gasteiger partial charge on any atom is -0.481 e. The predicted octanol–water partition coefficient (Wildman–Crippen LogP) is 1.82. The van der Waals surface area contributed by atoms with E-state index in [9.17, 15) is 9.59 Å². The number of nitrogens with one attached hydrogen (secondary N) is 1. The van der Waals surface area contributed by atoms with Gasteiger partial charge in [-0.25, -0.2) is 4.79 Å².